The lowest BCUT2D eigenvalue weighted by Crippen LogP contribution is -2.38. The molecule has 1 aromatic rings. The van der Waals surface area contributed by atoms with Crippen LogP contribution >= 0.6 is 22.6 Å². The average Bonchev–Trinajstić information content (AvgIpc) is 2.29. The van der Waals surface area contributed by atoms with Crippen molar-refractivity contribution >= 4 is 34.5 Å². The number of carboxylic acid groups (broad SMARTS) is 1. The first-order chi connectivity index (χ1) is 8.47. The van der Waals surface area contributed by atoms with E-state index in [1.54, 1.807) is 6.07 Å². The molecule has 1 amide bonds. The van der Waals surface area contributed by atoms with Crippen LogP contribution in [0.4, 0.5) is 4.39 Å². The van der Waals surface area contributed by atoms with Crippen LogP contribution in [0.5, 0.6) is 0 Å². The smallest absolute Gasteiger partial charge is 0.334 e. The third-order valence-electron chi connectivity index (χ3n) is 2.20. The van der Waals surface area contributed by atoms with Crippen LogP contribution in [0, 0.1) is 9.39 Å². The van der Waals surface area contributed by atoms with Crippen molar-refractivity contribution in [2.75, 3.05) is 13.7 Å². The standard InChI is InChI=1S/C11H11FINO4/c1-18-8(11(16)17)5-14-10(15)9-6(12)3-2-4-7(9)13/h2-4,8H,5H2,1H3,(H,14,15)(H,16,17). The highest BCUT2D eigenvalue weighted by atomic mass is 127. The molecule has 0 bridgehead atoms. The maximum atomic E-state index is 13.5. The van der Waals surface area contributed by atoms with E-state index in [2.05, 4.69) is 10.1 Å². The van der Waals surface area contributed by atoms with Crippen LogP contribution in [0.25, 0.3) is 0 Å². The fourth-order valence-corrected chi connectivity index (χ4v) is 1.97. The summed E-state index contributed by atoms with van der Waals surface area (Å²) < 4.78 is 18.6. The summed E-state index contributed by atoms with van der Waals surface area (Å²) in [5.41, 5.74) is -0.0988. The Balaban J connectivity index is 2.74. The maximum Gasteiger partial charge on any atom is 0.334 e. The first kappa shape index (κ1) is 14.8. The van der Waals surface area contributed by atoms with Gasteiger partial charge in [0, 0.05) is 10.7 Å². The minimum atomic E-state index is -1.19. The van der Waals surface area contributed by atoms with Crippen molar-refractivity contribution in [2.24, 2.45) is 0 Å². The lowest BCUT2D eigenvalue weighted by Gasteiger charge is -2.12. The monoisotopic (exact) mass is 367 g/mol. The van der Waals surface area contributed by atoms with Gasteiger partial charge in [-0.1, -0.05) is 6.07 Å². The first-order valence-electron chi connectivity index (χ1n) is 4.95. The Morgan fingerprint density at radius 1 is 1.56 bits per heavy atom. The van der Waals surface area contributed by atoms with E-state index in [0.717, 1.165) is 0 Å². The largest absolute Gasteiger partial charge is 0.479 e. The molecular formula is C11H11FINO4. The number of nitrogens with one attached hydrogen (secondary N) is 1. The zero-order valence-electron chi connectivity index (χ0n) is 9.44. The number of methoxy groups -OCH3 is 1. The molecule has 0 spiro atoms. The molecule has 7 heteroatoms. The predicted molar refractivity (Wildman–Crippen MR) is 69.9 cm³/mol. The molecule has 0 saturated carbocycles. The van der Waals surface area contributed by atoms with E-state index in [0.29, 0.717) is 3.57 Å². The van der Waals surface area contributed by atoms with Gasteiger partial charge in [0.25, 0.3) is 5.91 Å². The fourth-order valence-electron chi connectivity index (χ4n) is 1.26. The van der Waals surface area contributed by atoms with Gasteiger partial charge in [-0.2, -0.15) is 0 Å². The summed E-state index contributed by atoms with van der Waals surface area (Å²) in [4.78, 5) is 22.4. The lowest BCUT2D eigenvalue weighted by molar-refractivity contribution is -0.148. The number of carboxylic acids is 1. The van der Waals surface area contributed by atoms with E-state index in [1.807, 2.05) is 22.6 Å². The molecule has 18 heavy (non-hydrogen) atoms. The second kappa shape index (κ2) is 6.64. The topological polar surface area (TPSA) is 75.6 Å². The van der Waals surface area contributed by atoms with E-state index in [9.17, 15) is 14.0 Å². The first-order valence-corrected chi connectivity index (χ1v) is 6.03. The lowest BCUT2D eigenvalue weighted by atomic mass is 10.2. The second-order valence-electron chi connectivity index (χ2n) is 3.37. The summed E-state index contributed by atoms with van der Waals surface area (Å²) in [5, 5.41) is 11.0. The van der Waals surface area contributed by atoms with Crippen LogP contribution in [0.3, 0.4) is 0 Å². The highest BCUT2D eigenvalue weighted by Gasteiger charge is 2.20. The predicted octanol–water partition coefficient (Wildman–Crippen LogP) is 1.26. The number of ether oxygens (including phenoxy) is 1. The normalized spacial score (nSPS) is 11.9. The Kier molecular flexibility index (Phi) is 5.48. The van der Waals surface area contributed by atoms with Crippen molar-refractivity contribution < 1.29 is 23.8 Å². The van der Waals surface area contributed by atoms with Gasteiger partial charge in [-0.25, -0.2) is 9.18 Å². The summed E-state index contributed by atoms with van der Waals surface area (Å²) in [5.74, 6) is -2.51. The number of carbonyl (C=O) groups excluding carboxylic acids is 1. The molecule has 0 radical (unpaired) electrons. The SMILES string of the molecule is COC(CNC(=O)c1c(F)cccc1I)C(=O)O. The Morgan fingerprint density at radius 3 is 2.72 bits per heavy atom. The number of benzene rings is 1. The van der Waals surface area contributed by atoms with Crippen molar-refractivity contribution in [1.82, 2.24) is 5.32 Å². The van der Waals surface area contributed by atoms with Gasteiger partial charge in [-0.3, -0.25) is 4.79 Å². The third-order valence-corrected chi connectivity index (χ3v) is 3.10. The average molecular weight is 367 g/mol. The fraction of sp³-hybridized carbons (Fsp3) is 0.273. The number of hydrogen-bond acceptors (Lipinski definition) is 3. The molecular weight excluding hydrogens is 356 g/mol. The van der Waals surface area contributed by atoms with Crippen molar-refractivity contribution in [1.29, 1.82) is 0 Å². The molecule has 0 aliphatic rings. The van der Waals surface area contributed by atoms with Gasteiger partial charge in [0.1, 0.15) is 5.82 Å². The minimum Gasteiger partial charge on any atom is -0.479 e. The highest BCUT2D eigenvalue weighted by Crippen LogP contribution is 2.15. The van der Waals surface area contributed by atoms with Crippen LogP contribution in [-0.2, 0) is 9.53 Å². The molecule has 2 N–H and O–H groups in total. The van der Waals surface area contributed by atoms with Crippen LogP contribution in [-0.4, -0.2) is 36.7 Å². The number of hydrogen-bond donors (Lipinski definition) is 2. The second-order valence-corrected chi connectivity index (χ2v) is 4.53. The van der Waals surface area contributed by atoms with E-state index in [4.69, 9.17) is 5.11 Å². The number of aliphatic carboxylic acids is 1. The van der Waals surface area contributed by atoms with Crippen molar-refractivity contribution in [3.63, 3.8) is 0 Å². The van der Waals surface area contributed by atoms with Crippen molar-refractivity contribution in [3.05, 3.63) is 33.1 Å². The van der Waals surface area contributed by atoms with Gasteiger partial charge in [0.05, 0.1) is 12.1 Å². The van der Waals surface area contributed by atoms with Gasteiger partial charge >= 0.3 is 5.97 Å². The van der Waals surface area contributed by atoms with Crippen molar-refractivity contribution in [2.45, 2.75) is 6.10 Å². The van der Waals surface area contributed by atoms with Gasteiger partial charge in [0.15, 0.2) is 6.10 Å². The number of rotatable bonds is 5. The summed E-state index contributed by atoms with van der Waals surface area (Å²) >= 11 is 1.83. The van der Waals surface area contributed by atoms with E-state index < -0.39 is 23.8 Å². The zero-order chi connectivity index (χ0) is 13.7. The molecule has 98 valence electrons. The Hall–Kier alpha value is -1.22. The van der Waals surface area contributed by atoms with Gasteiger partial charge in [0.2, 0.25) is 0 Å². The Morgan fingerprint density at radius 2 is 2.22 bits per heavy atom. The van der Waals surface area contributed by atoms with Gasteiger partial charge in [-0.05, 0) is 34.7 Å². The van der Waals surface area contributed by atoms with Gasteiger partial charge in [-0.15, -0.1) is 0 Å². The molecule has 0 aromatic heterocycles. The molecule has 5 nitrogen and oxygen atoms in total. The quantitative estimate of drug-likeness (QED) is 0.769. The number of carbonyl (C=O) groups is 2. The molecule has 0 fully saturated rings. The summed E-state index contributed by atoms with van der Waals surface area (Å²) in [7, 11) is 1.22. The van der Waals surface area contributed by atoms with E-state index in [1.165, 1.54) is 19.2 Å². The molecule has 1 aromatic carbocycles. The van der Waals surface area contributed by atoms with Gasteiger partial charge < -0.3 is 15.2 Å². The Bertz CT molecular complexity index is 446. The van der Waals surface area contributed by atoms with Crippen LogP contribution in [0.2, 0.25) is 0 Å². The van der Waals surface area contributed by atoms with Crippen LogP contribution < -0.4 is 5.32 Å². The van der Waals surface area contributed by atoms with Crippen LogP contribution in [0.15, 0.2) is 18.2 Å². The molecule has 0 aliphatic carbocycles. The Labute approximate surface area is 116 Å². The molecule has 1 atom stereocenters. The number of amides is 1. The molecule has 1 unspecified atom stereocenters. The summed E-state index contributed by atoms with van der Waals surface area (Å²) in [6.45, 7) is -0.227. The summed E-state index contributed by atoms with van der Waals surface area (Å²) in [6.07, 6.45) is -1.15. The van der Waals surface area contributed by atoms with Crippen LogP contribution in [0.1, 0.15) is 10.4 Å². The molecule has 0 saturated heterocycles. The molecule has 0 heterocycles. The minimum absolute atomic E-state index is 0.0988. The highest BCUT2D eigenvalue weighted by molar-refractivity contribution is 14.1. The van der Waals surface area contributed by atoms with E-state index in [-0.39, 0.29) is 12.1 Å². The maximum absolute atomic E-state index is 13.5. The molecule has 1 rings (SSSR count). The number of halogens is 2. The molecule has 0 aliphatic heterocycles. The van der Waals surface area contributed by atoms with Crippen molar-refractivity contribution in [3.8, 4) is 0 Å². The third kappa shape index (κ3) is 3.64. The van der Waals surface area contributed by atoms with E-state index >= 15 is 0 Å². The summed E-state index contributed by atoms with van der Waals surface area (Å²) in [6, 6.07) is 4.24. The zero-order valence-corrected chi connectivity index (χ0v) is 11.6.